The maximum atomic E-state index is 12.4. The van der Waals surface area contributed by atoms with E-state index in [0.717, 1.165) is 5.69 Å². The largest absolute Gasteiger partial charge is 0.457 e. The molecule has 8 nitrogen and oxygen atoms in total. The Kier molecular flexibility index (Phi) is 8.15. The number of nitro groups is 1. The van der Waals surface area contributed by atoms with Crippen LogP contribution in [0.2, 0.25) is 15.1 Å². The molecule has 0 atom stereocenters. The highest BCUT2D eigenvalue weighted by Gasteiger charge is 2.22. The van der Waals surface area contributed by atoms with E-state index in [9.17, 15) is 14.9 Å². The van der Waals surface area contributed by atoms with E-state index in [2.05, 4.69) is 5.32 Å². The molecule has 1 saturated heterocycles. The first-order valence-electron chi connectivity index (χ1n) is 10.7. The van der Waals surface area contributed by atoms with Crippen molar-refractivity contribution in [3.8, 4) is 11.3 Å². The standard InChI is InChI=1S/C24H19Cl3N4O4S/c25-18-3-1-2-17(23(18)27)21-8-5-16(35-21)6-9-22(32)28-24(36)30-12-10-29(11-13-30)20-7-4-15(31(33)34)14-19(20)26/h1-9,14H,10-13H2,(H,28,32,36)/b9-6+. The van der Waals surface area contributed by atoms with Crippen LogP contribution in [0, 0.1) is 10.1 Å². The van der Waals surface area contributed by atoms with Gasteiger partial charge < -0.3 is 14.2 Å². The molecule has 2 heterocycles. The molecule has 0 spiro atoms. The summed E-state index contributed by atoms with van der Waals surface area (Å²) in [6, 6.07) is 13.1. The quantitative estimate of drug-likeness (QED) is 0.174. The Bertz CT molecular complexity index is 1350. The Morgan fingerprint density at radius 3 is 2.50 bits per heavy atom. The van der Waals surface area contributed by atoms with Gasteiger partial charge in [-0.3, -0.25) is 20.2 Å². The summed E-state index contributed by atoms with van der Waals surface area (Å²) in [5, 5.41) is 15.1. The zero-order chi connectivity index (χ0) is 25.8. The summed E-state index contributed by atoms with van der Waals surface area (Å²) in [4.78, 5) is 26.7. The van der Waals surface area contributed by atoms with Gasteiger partial charge in [0.15, 0.2) is 5.11 Å². The Labute approximate surface area is 227 Å². The van der Waals surface area contributed by atoms with Gasteiger partial charge in [0.1, 0.15) is 11.5 Å². The molecule has 0 radical (unpaired) electrons. The van der Waals surface area contributed by atoms with Crippen LogP contribution < -0.4 is 10.2 Å². The lowest BCUT2D eigenvalue weighted by Crippen LogP contribution is -2.52. The number of thiocarbonyl (C=S) groups is 1. The second-order valence-corrected chi connectivity index (χ2v) is 9.38. The number of nitrogens with one attached hydrogen (secondary N) is 1. The lowest BCUT2D eigenvalue weighted by molar-refractivity contribution is -0.384. The Morgan fingerprint density at radius 1 is 1.06 bits per heavy atom. The summed E-state index contributed by atoms with van der Waals surface area (Å²) in [5.74, 6) is 0.611. The van der Waals surface area contributed by atoms with Gasteiger partial charge in [-0.05, 0) is 48.6 Å². The summed E-state index contributed by atoms with van der Waals surface area (Å²) in [7, 11) is 0. The molecule has 1 amide bonds. The molecule has 186 valence electrons. The molecule has 1 fully saturated rings. The highest BCUT2D eigenvalue weighted by Crippen LogP contribution is 2.34. The Balaban J connectivity index is 1.30. The van der Waals surface area contributed by atoms with E-state index >= 15 is 0 Å². The number of piperazine rings is 1. The van der Waals surface area contributed by atoms with E-state index in [1.54, 1.807) is 36.4 Å². The lowest BCUT2D eigenvalue weighted by atomic mass is 10.2. The normalized spacial score (nSPS) is 13.8. The average Bonchev–Trinajstić information content (AvgIpc) is 3.33. The zero-order valence-electron chi connectivity index (χ0n) is 18.6. The van der Waals surface area contributed by atoms with Gasteiger partial charge in [0.05, 0.1) is 25.7 Å². The number of anilines is 1. The van der Waals surface area contributed by atoms with Crippen molar-refractivity contribution in [2.45, 2.75) is 0 Å². The van der Waals surface area contributed by atoms with Crippen molar-refractivity contribution in [1.29, 1.82) is 0 Å². The summed E-state index contributed by atoms with van der Waals surface area (Å²) in [6.07, 6.45) is 2.87. The smallest absolute Gasteiger partial charge is 0.271 e. The number of nitrogens with zero attached hydrogens (tertiary/aromatic N) is 3. The molecule has 1 aromatic heterocycles. The number of benzene rings is 2. The summed E-state index contributed by atoms with van der Waals surface area (Å²) in [6.45, 7) is 2.28. The van der Waals surface area contributed by atoms with E-state index < -0.39 is 4.92 Å². The molecule has 36 heavy (non-hydrogen) atoms. The highest BCUT2D eigenvalue weighted by atomic mass is 35.5. The number of furan rings is 1. The fourth-order valence-electron chi connectivity index (χ4n) is 3.68. The number of rotatable bonds is 5. The molecule has 1 aliphatic rings. The molecule has 12 heteroatoms. The first-order chi connectivity index (χ1) is 17.2. The summed E-state index contributed by atoms with van der Waals surface area (Å²) in [5.41, 5.74) is 1.32. The predicted octanol–water partition coefficient (Wildman–Crippen LogP) is 6.05. The molecule has 1 N–H and O–H groups in total. The third-order valence-electron chi connectivity index (χ3n) is 5.52. The predicted molar refractivity (Wildman–Crippen MR) is 146 cm³/mol. The van der Waals surface area contributed by atoms with E-state index in [1.807, 2.05) is 9.80 Å². The number of hydrogen-bond acceptors (Lipinski definition) is 6. The fraction of sp³-hybridized carbons (Fsp3) is 0.167. The topological polar surface area (TPSA) is 91.9 Å². The number of hydrogen-bond donors (Lipinski definition) is 1. The molecular weight excluding hydrogens is 547 g/mol. The molecule has 0 unspecified atom stereocenters. The van der Waals surface area contributed by atoms with E-state index in [1.165, 1.54) is 24.3 Å². The van der Waals surface area contributed by atoms with Gasteiger partial charge in [-0.25, -0.2) is 0 Å². The van der Waals surface area contributed by atoms with Crippen LogP contribution in [0.15, 0.2) is 59.0 Å². The third kappa shape index (κ3) is 5.99. The van der Waals surface area contributed by atoms with Crippen molar-refractivity contribution >= 4 is 75.5 Å². The minimum atomic E-state index is -0.483. The SMILES string of the molecule is O=C(/C=C/c1ccc(-c2cccc(Cl)c2Cl)o1)NC(=S)N1CCN(c2ccc([N+](=O)[O-])cc2Cl)CC1. The molecular formula is C24H19Cl3N4O4S. The summed E-state index contributed by atoms with van der Waals surface area (Å²) < 4.78 is 5.75. The van der Waals surface area contributed by atoms with Gasteiger partial charge in [-0.2, -0.15) is 0 Å². The van der Waals surface area contributed by atoms with Gasteiger partial charge in [-0.1, -0.05) is 40.9 Å². The number of non-ortho nitro benzene ring substituents is 1. The first-order valence-corrected chi connectivity index (χ1v) is 12.3. The molecule has 2 aromatic carbocycles. The maximum Gasteiger partial charge on any atom is 0.271 e. The molecule has 3 aromatic rings. The van der Waals surface area contributed by atoms with Crippen molar-refractivity contribution in [3.63, 3.8) is 0 Å². The van der Waals surface area contributed by atoms with Crippen LogP contribution in [0.25, 0.3) is 17.4 Å². The Morgan fingerprint density at radius 2 is 1.81 bits per heavy atom. The van der Waals surface area contributed by atoms with Crippen LogP contribution in [0.5, 0.6) is 0 Å². The van der Waals surface area contributed by atoms with Gasteiger partial charge in [0.2, 0.25) is 5.91 Å². The van der Waals surface area contributed by atoms with Gasteiger partial charge >= 0.3 is 0 Å². The van der Waals surface area contributed by atoms with Crippen LogP contribution in [0.4, 0.5) is 11.4 Å². The van der Waals surface area contributed by atoms with Gasteiger partial charge in [0, 0.05) is 50.0 Å². The van der Waals surface area contributed by atoms with Crippen LogP contribution in [0.1, 0.15) is 5.76 Å². The molecule has 4 rings (SSSR count). The van der Waals surface area contributed by atoms with Crippen molar-refractivity contribution in [2.75, 3.05) is 31.1 Å². The number of nitro benzene ring substituents is 1. The molecule has 0 saturated carbocycles. The van der Waals surface area contributed by atoms with Gasteiger partial charge in [0.25, 0.3) is 5.69 Å². The minimum absolute atomic E-state index is 0.0571. The number of halogens is 3. The second-order valence-electron chi connectivity index (χ2n) is 7.80. The van der Waals surface area contributed by atoms with E-state index in [-0.39, 0.29) is 11.6 Å². The van der Waals surface area contributed by atoms with Crippen molar-refractivity contribution in [2.24, 2.45) is 0 Å². The number of carbonyl (C=O) groups is 1. The van der Waals surface area contributed by atoms with Crippen molar-refractivity contribution in [1.82, 2.24) is 10.2 Å². The molecule has 0 bridgehead atoms. The van der Waals surface area contributed by atoms with Crippen LogP contribution >= 0.6 is 47.0 Å². The van der Waals surface area contributed by atoms with Crippen LogP contribution in [-0.2, 0) is 4.79 Å². The van der Waals surface area contributed by atoms with Crippen LogP contribution in [-0.4, -0.2) is 47.0 Å². The maximum absolute atomic E-state index is 12.4. The highest BCUT2D eigenvalue weighted by molar-refractivity contribution is 7.80. The minimum Gasteiger partial charge on any atom is -0.457 e. The summed E-state index contributed by atoms with van der Waals surface area (Å²) >= 11 is 23.9. The Hall–Kier alpha value is -3.11. The second kappa shape index (κ2) is 11.3. The molecule has 0 aliphatic carbocycles. The third-order valence-corrected chi connectivity index (χ3v) is 7.00. The van der Waals surface area contributed by atoms with Crippen molar-refractivity contribution < 1.29 is 14.1 Å². The monoisotopic (exact) mass is 564 g/mol. The zero-order valence-corrected chi connectivity index (χ0v) is 21.7. The number of amides is 1. The fourth-order valence-corrected chi connectivity index (χ4v) is 4.65. The van der Waals surface area contributed by atoms with Gasteiger partial charge in [-0.15, -0.1) is 0 Å². The first kappa shape index (κ1) is 26.0. The lowest BCUT2D eigenvalue weighted by Gasteiger charge is -2.37. The average molecular weight is 566 g/mol. The number of carbonyl (C=O) groups excluding carboxylic acids is 1. The van der Waals surface area contributed by atoms with E-state index in [0.29, 0.717) is 63.4 Å². The van der Waals surface area contributed by atoms with Crippen LogP contribution in [0.3, 0.4) is 0 Å². The van der Waals surface area contributed by atoms with Crippen molar-refractivity contribution in [3.05, 3.63) is 85.5 Å². The van der Waals surface area contributed by atoms with E-state index in [4.69, 9.17) is 51.4 Å². The molecule has 1 aliphatic heterocycles.